The molecule has 76 heavy (non-hydrogen) atoms. The van der Waals surface area contributed by atoms with E-state index >= 15 is 0 Å². The molecule has 0 radical (unpaired) electrons. The minimum absolute atomic E-state index is 0.877. The van der Waals surface area contributed by atoms with Crippen LogP contribution in [0.1, 0.15) is 11.1 Å². The van der Waals surface area contributed by atoms with Crippen LogP contribution in [0.15, 0.2) is 283 Å². The third kappa shape index (κ3) is 7.43. The Labute approximate surface area is 441 Å². The van der Waals surface area contributed by atoms with Gasteiger partial charge >= 0.3 is 0 Å². The van der Waals surface area contributed by atoms with Gasteiger partial charge in [0.05, 0.1) is 11.0 Å². The molecule has 15 rings (SSSR count). The van der Waals surface area contributed by atoms with Crippen molar-refractivity contribution < 1.29 is 4.42 Å². The lowest BCUT2D eigenvalue weighted by Gasteiger charge is -2.33. The zero-order valence-electron chi connectivity index (χ0n) is 41.6. The Morgan fingerprint density at radius 3 is 1.43 bits per heavy atom. The van der Waals surface area contributed by atoms with Crippen LogP contribution in [0.25, 0.3) is 116 Å². The Morgan fingerprint density at radius 2 is 0.750 bits per heavy atom. The summed E-state index contributed by atoms with van der Waals surface area (Å²) in [6.45, 7) is 0. The molecule has 0 saturated carbocycles. The predicted octanol–water partition coefficient (Wildman–Crippen LogP) is 20.1. The van der Waals surface area contributed by atoms with Crippen LogP contribution in [0.5, 0.6) is 0 Å². The molecule has 3 nitrogen and oxygen atoms in total. The molecule has 0 aliphatic carbocycles. The largest absolute Gasteiger partial charge is 0.455 e. The van der Waals surface area contributed by atoms with Crippen molar-refractivity contribution in [3.8, 4) is 72.4 Å². The first-order valence-electron chi connectivity index (χ1n) is 26.2. The third-order valence-corrected chi connectivity index (χ3v) is 15.5. The third-order valence-electron chi connectivity index (χ3n) is 15.5. The molecule has 1 aliphatic rings. The maximum Gasteiger partial charge on any atom is 0.143 e. The van der Waals surface area contributed by atoms with Crippen LogP contribution in [0.2, 0.25) is 0 Å². The van der Waals surface area contributed by atoms with E-state index in [1.807, 2.05) is 0 Å². The van der Waals surface area contributed by atoms with E-state index in [1.54, 1.807) is 0 Å². The molecular formula is C73H48N2O. The van der Waals surface area contributed by atoms with Gasteiger partial charge in [-0.2, -0.15) is 0 Å². The van der Waals surface area contributed by atoms with E-state index in [0.717, 1.165) is 67.4 Å². The number of aromatic nitrogens is 1. The first-order valence-corrected chi connectivity index (χ1v) is 26.2. The monoisotopic (exact) mass is 968 g/mol. The second-order valence-electron chi connectivity index (χ2n) is 20.1. The van der Waals surface area contributed by atoms with E-state index < -0.39 is 0 Å². The fourth-order valence-electron chi connectivity index (χ4n) is 11.9. The number of hydrogen-bond donors (Lipinski definition) is 0. The average Bonchev–Trinajstić information content (AvgIpc) is 4.09. The van der Waals surface area contributed by atoms with Crippen LogP contribution in [-0.4, -0.2) is 4.57 Å². The average molecular weight is 969 g/mol. The highest BCUT2D eigenvalue weighted by Crippen LogP contribution is 2.47. The second kappa shape index (κ2) is 17.9. The summed E-state index contributed by atoms with van der Waals surface area (Å²) in [7, 11) is 0. The summed E-state index contributed by atoms with van der Waals surface area (Å²) >= 11 is 0. The van der Waals surface area contributed by atoms with Crippen molar-refractivity contribution in [3.63, 3.8) is 0 Å². The minimum atomic E-state index is 0.877. The number of benzene rings is 12. The molecule has 0 spiro atoms. The van der Waals surface area contributed by atoms with Crippen LogP contribution in [0.3, 0.4) is 0 Å². The van der Waals surface area contributed by atoms with Gasteiger partial charge in [0.25, 0.3) is 0 Å². The molecule has 1 aliphatic heterocycles. The van der Waals surface area contributed by atoms with Gasteiger partial charge in [0.2, 0.25) is 0 Å². The number of furan rings is 1. The highest BCUT2D eigenvalue weighted by Gasteiger charge is 2.25. The maximum atomic E-state index is 6.81. The molecule has 14 aromatic rings. The Bertz CT molecular complexity index is 4550. The molecule has 356 valence electrons. The SMILES string of the molecule is c1ccc(-c2cccc(-c3cccc(-c4cccc(-c5cc(-c6ccc7c(c6)c6cc(-c8ccc9c(c8)Cc8ccccc8N9c8ccccc8)ccc6n7-c6ccccc6)cc6c5oc5ccccc56)c4)c3)c2)cc1. The lowest BCUT2D eigenvalue weighted by atomic mass is 9.91. The quantitative estimate of drug-likeness (QED) is 0.151. The zero-order valence-corrected chi connectivity index (χ0v) is 41.6. The summed E-state index contributed by atoms with van der Waals surface area (Å²) in [6, 6.07) is 102. The zero-order chi connectivity index (χ0) is 50.1. The van der Waals surface area contributed by atoms with Crippen LogP contribution < -0.4 is 4.90 Å². The number of para-hydroxylation sites is 4. The van der Waals surface area contributed by atoms with E-state index in [4.69, 9.17) is 4.42 Å². The summed E-state index contributed by atoms with van der Waals surface area (Å²) in [6.07, 6.45) is 0.877. The van der Waals surface area contributed by atoms with Crippen LogP contribution in [0.4, 0.5) is 17.1 Å². The predicted molar refractivity (Wildman–Crippen MR) is 318 cm³/mol. The molecular weight excluding hydrogens is 921 g/mol. The van der Waals surface area contributed by atoms with Gasteiger partial charge in [0.1, 0.15) is 11.2 Å². The molecule has 12 aromatic carbocycles. The summed E-state index contributed by atoms with van der Waals surface area (Å²) < 4.78 is 9.22. The number of rotatable bonds is 8. The lowest BCUT2D eigenvalue weighted by molar-refractivity contribution is 0.670. The summed E-state index contributed by atoms with van der Waals surface area (Å²) in [4.78, 5) is 2.41. The van der Waals surface area contributed by atoms with Crippen molar-refractivity contribution in [1.82, 2.24) is 4.57 Å². The van der Waals surface area contributed by atoms with E-state index in [0.29, 0.717) is 0 Å². The molecule has 0 saturated heterocycles. The Hall–Kier alpha value is -9.96. The molecule has 2 aromatic heterocycles. The smallest absolute Gasteiger partial charge is 0.143 e. The number of anilines is 3. The first kappa shape index (κ1) is 43.6. The molecule has 0 atom stereocenters. The van der Waals surface area contributed by atoms with Crippen LogP contribution in [0, 0.1) is 0 Å². The van der Waals surface area contributed by atoms with Gasteiger partial charge in [0.15, 0.2) is 0 Å². The van der Waals surface area contributed by atoms with Crippen molar-refractivity contribution >= 4 is 60.8 Å². The normalized spacial score (nSPS) is 12.1. The first-order chi connectivity index (χ1) is 37.6. The highest BCUT2D eigenvalue weighted by molar-refractivity contribution is 6.14. The second-order valence-corrected chi connectivity index (χ2v) is 20.1. The fourth-order valence-corrected chi connectivity index (χ4v) is 11.9. The van der Waals surface area contributed by atoms with Gasteiger partial charge in [-0.25, -0.2) is 0 Å². The standard InChI is InChI=1S/C73H48N2O/c1-4-17-48(18-5-1)49-20-14-21-50(39-49)51-22-15-23-52(40-51)53-24-16-25-57(41-53)64-46-59(47-67-63-30-11-13-32-72(63)76-73(64)67)56-35-38-71-66(45-56)65-44-55(34-37-70(65)75(71)62-28-8-3-9-29-62)54-33-36-69-60(42-54)43-58-19-10-12-31-68(58)74(69)61-26-6-2-7-27-61/h1-42,44-47H,43H2. The highest BCUT2D eigenvalue weighted by atomic mass is 16.3. The Kier molecular flexibility index (Phi) is 10.3. The van der Waals surface area contributed by atoms with E-state index in [-0.39, 0.29) is 0 Å². The Morgan fingerprint density at radius 1 is 0.276 bits per heavy atom. The number of fused-ring (bicyclic) bond motifs is 8. The summed E-state index contributed by atoms with van der Waals surface area (Å²) in [5, 5.41) is 4.62. The molecule has 3 heterocycles. The molecule has 0 bridgehead atoms. The van der Waals surface area contributed by atoms with Gasteiger partial charge in [-0.1, -0.05) is 176 Å². The fraction of sp³-hybridized carbons (Fsp3) is 0.0137. The lowest BCUT2D eigenvalue weighted by Crippen LogP contribution is -2.18. The molecule has 0 unspecified atom stereocenters. The number of hydrogen-bond acceptors (Lipinski definition) is 2. The topological polar surface area (TPSA) is 21.3 Å². The van der Waals surface area contributed by atoms with E-state index in [9.17, 15) is 0 Å². The van der Waals surface area contributed by atoms with E-state index in [1.165, 1.54) is 83.4 Å². The number of nitrogens with zero attached hydrogens (tertiary/aromatic N) is 2. The molecule has 0 fully saturated rings. The van der Waals surface area contributed by atoms with Crippen molar-refractivity contribution in [2.24, 2.45) is 0 Å². The van der Waals surface area contributed by atoms with Crippen LogP contribution >= 0.6 is 0 Å². The van der Waals surface area contributed by atoms with Crippen molar-refractivity contribution in [3.05, 3.63) is 290 Å². The van der Waals surface area contributed by atoms with Crippen molar-refractivity contribution in [2.75, 3.05) is 4.90 Å². The van der Waals surface area contributed by atoms with Gasteiger partial charge in [-0.05, 0) is 175 Å². The van der Waals surface area contributed by atoms with Gasteiger partial charge in [-0.3, -0.25) is 0 Å². The Balaban J connectivity index is 0.857. The van der Waals surface area contributed by atoms with Gasteiger partial charge in [-0.15, -0.1) is 0 Å². The van der Waals surface area contributed by atoms with Crippen LogP contribution in [-0.2, 0) is 6.42 Å². The molecule has 3 heteroatoms. The minimum Gasteiger partial charge on any atom is -0.455 e. The van der Waals surface area contributed by atoms with Gasteiger partial charge in [0, 0.05) is 56.3 Å². The maximum absolute atomic E-state index is 6.81. The van der Waals surface area contributed by atoms with Gasteiger partial charge < -0.3 is 13.9 Å². The van der Waals surface area contributed by atoms with Crippen molar-refractivity contribution in [1.29, 1.82) is 0 Å². The summed E-state index contributed by atoms with van der Waals surface area (Å²) in [5.41, 5.74) is 25.5. The van der Waals surface area contributed by atoms with Crippen molar-refractivity contribution in [2.45, 2.75) is 6.42 Å². The van der Waals surface area contributed by atoms with E-state index in [2.05, 4.69) is 289 Å². The summed E-state index contributed by atoms with van der Waals surface area (Å²) in [5.74, 6) is 0. The molecule has 0 amide bonds. The molecule has 0 N–H and O–H groups in total.